The van der Waals surface area contributed by atoms with Gasteiger partial charge in [-0.25, -0.2) is 5.06 Å². The fourth-order valence-corrected chi connectivity index (χ4v) is 3.15. The van der Waals surface area contributed by atoms with E-state index in [1.165, 1.54) is 0 Å². The highest BCUT2D eigenvalue weighted by Gasteiger charge is 2.38. The third-order valence-electron chi connectivity index (χ3n) is 4.75. The van der Waals surface area contributed by atoms with Crippen LogP contribution in [0.2, 0.25) is 0 Å². The van der Waals surface area contributed by atoms with Gasteiger partial charge in [-0.05, 0) is 43.2 Å². The summed E-state index contributed by atoms with van der Waals surface area (Å²) in [5.74, 6) is 0.243. The van der Waals surface area contributed by atoms with Crippen molar-refractivity contribution < 1.29 is 19.5 Å². The number of amides is 2. The molecule has 0 saturated carbocycles. The molecule has 1 N–H and O–H groups in total. The molecule has 136 valence electrons. The molecule has 2 aromatic carbocycles. The molecule has 0 spiro atoms. The second-order valence-electron chi connectivity index (χ2n) is 6.38. The maximum absolute atomic E-state index is 12.6. The number of hydrogen-bond donors (Lipinski definition) is 1. The van der Waals surface area contributed by atoms with Gasteiger partial charge in [-0.2, -0.15) is 0 Å². The van der Waals surface area contributed by atoms with E-state index in [1.807, 2.05) is 54.6 Å². The molecule has 3 rings (SSSR count). The molecule has 1 fully saturated rings. The summed E-state index contributed by atoms with van der Waals surface area (Å²) in [6, 6.07) is 16.7. The van der Waals surface area contributed by atoms with Crippen LogP contribution in [0.5, 0.6) is 5.75 Å². The van der Waals surface area contributed by atoms with Crippen molar-refractivity contribution in [1.29, 1.82) is 0 Å². The van der Waals surface area contributed by atoms with Gasteiger partial charge < -0.3 is 9.64 Å². The van der Waals surface area contributed by atoms with Crippen molar-refractivity contribution in [3.05, 3.63) is 60.2 Å². The number of carbonyl (C=O) groups excluding carboxylic acids is 2. The van der Waals surface area contributed by atoms with Gasteiger partial charge in [0.25, 0.3) is 0 Å². The first-order chi connectivity index (χ1) is 12.6. The van der Waals surface area contributed by atoms with Crippen LogP contribution in [0.15, 0.2) is 54.6 Å². The number of benzene rings is 2. The lowest BCUT2D eigenvalue weighted by atomic mass is 10.00. The minimum absolute atomic E-state index is 0.0867. The lowest BCUT2D eigenvalue weighted by Gasteiger charge is -2.23. The van der Waals surface area contributed by atoms with Crippen LogP contribution in [0.3, 0.4) is 0 Å². The number of rotatable bonds is 7. The van der Waals surface area contributed by atoms with Crippen molar-refractivity contribution >= 4 is 18.0 Å². The molecule has 0 aromatic heterocycles. The summed E-state index contributed by atoms with van der Waals surface area (Å²) in [4.78, 5) is 25.0. The SMILES string of the molecule is C[C@@H]([C@@H]1CCN(c2ccc(OCc3ccccc3)cc2)C1=O)N(O)C=O. The van der Waals surface area contributed by atoms with Crippen molar-refractivity contribution in [3.8, 4) is 5.75 Å². The molecule has 0 bridgehead atoms. The zero-order chi connectivity index (χ0) is 18.5. The fraction of sp³-hybridized carbons (Fsp3) is 0.300. The summed E-state index contributed by atoms with van der Waals surface area (Å²) in [6.45, 7) is 2.71. The smallest absolute Gasteiger partial charge is 0.233 e. The fourth-order valence-electron chi connectivity index (χ4n) is 3.15. The summed E-state index contributed by atoms with van der Waals surface area (Å²) in [5.41, 5.74) is 1.87. The van der Waals surface area contributed by atoms with Crippen molar-refractivity contribution in [1.82, 2.24) is 5.06 Å². The lowest BCUT2D eigenvalue weighted by Crippen LogP contribution is -2.39. The van der Waals surface area contributed by atoms with Crippen LogP contribution in [-0.4, -0.2) is 35.2 Å². The standard InChI is InChI=1S/C20H22N2O4/c1-15(22(25)14-23)19-11-12-21(20(19)24)17-7-9-18(10-8-17)26-13-16-5-3-2-4-6-16/h2-10,14-15,19,25H,11-13H2,1H3/t15-,19-/m0/s1. The van der Waals surface area contributed by atoms with E-state index in [1.54, 1.807) is 11.8 Å². The molecule has 0 unspecified atom stereocenters. The lowest BCUT2D eigenvalue weighted by molar-refractivity contribution is -0.164. The van der Waals surface area contributed by atoms with Crippen molar-refractivity contribution in [2.45, 2.75) is 26.0 Å². The predicted molar refractivity (Wildman–Crippen MR) is 96.8 cm³/mol. The number of hydrogen-bond acceptors (Lipinski definition) is 4. The van der Waals surface area contributed by atoms with Crippen molar-refractivity contribution in [3.63, 3.8) is 0 Å². The van der Waals surface area contributed by atoms with E-state index >= 15 is 0 Å². The number of nitrogens with zero attached hydrogens (tertiary/aromatic N) is 2. The highest BCUT2D eigenvalue weighted by Crippen LogP contribution is 2.29. The summed E-state index contributed by atoms with van der Waals surface area (Å²) in [5, 5.41) is 10.1. The van der Waals surface area contributed by atoms with E-state index in [0.717, 1.165) is 17.0 Å². The van der Waals surface area contributed by atoms with Gasteiger partial charge in [0.1, 0.15) is 12.4 Å². The van der Waals surface area contributed by atoms with E-state index in [-0.39, 0.29) is 5.91 Å². The highest BCUT2D eigenvalue weighted by atomic mass is 16.5. The Kier molecular flexibility index (Phi) is 5.53. The average Bonchev–Trinajstić information content (AvgIpc) is 3.07. The van der Waals surface area contributed by atoms with Crippen LogP contribution in [-0.2, 0) is 16.2 Å². The summed E-state index contributed by atoms with van der Waals surface area (Å²) >= 11 is 0. The monoisotopic (exact) mass is 354 g/mol. The van der Waals surface area contributed by atoms with E-state index in [9.17, 15) is 14.8 Å². The van der Waals surface area contributed by atoms with Crippen LogP contribution in [0.25, 0.3) is 0 Å². The van der Waals surface area contributed by atoms with Gasteiger partial charge in [-0.3, -0.25) is 14.8 Å². The molecule has 1 heterocycles. The molecule has 26 heavy (non-hydrogen) atoms. The van der Waals surface area contributed by atoms with Crippen molar-refractivity contribution in [2.24, 2.45) is 5.92 Å². The first-order valence-corrected chi connectivity index (χ1v) is 8.61. The van der Waals surface area contributed by atoms with Gasteiger partial charge in [0.2, 0.25) is 12.3 Å². The van der Waals surface area contributed by atoms with Gasteiger partial charge >= 0.3 is 0 Å². The van der Waals surface area contributed by atoms with Crippen LogP contribution in [0, 0.1) is 5.92 Å². The zero-order valence-electron chi connectivity index (χ0n) is 14.6. The Morgan fingerprint density at radius 2 is 1.92 bits per heavy atom. The second kappa shape index (κ2) is 8.01. The molecule has 1 aliphatic heterocycles. The largest absolute Gasteiger partial charge is 0.489 e. The second-order valence-corrected chi connectivity index (χ2v) is 6.38. The molecule has 0 aliphatic carbocycles. The van der Waals surface area contributed by atoms with E-state index in [4.69, 9.17) is 4.74 Å². The summed E-state index contributed by atoms with van der Waals surface area (Å²) < 4.78 is 5.76. The van der Waals surface area contributed by atoms with Gasteiger partial charge in [0.05, 0.1) is 12.0 Å². The molecular formula is C20H22N2O4. The predicted octanol–water partition coefficient (Wildman–Crippen LogP) is 2.85. The average molecular weight is 354 g/mol. The Hall–Kier alpha value is -2.86. The Labute approximate surface area is 152 Å². The molecule has 2 amide bonds. The van der Waals surface area contributed by atoms with Crippen LogP contribution in [0.1, 0.15) is 18.9 Å². The molecule has 6 nitrogen and oxygen atoms in total. The maximum Gasteiger partial charge on any atom is 0.233 e. The van der Waals surface area contributed by atoms with Gasteiger partial charge in [-0.15, -0.1) is 0 Å². The quantitative estimate of drug-likeness (QED) is 0.472. The Balaban J connectivity index is 1.62. The Morgan fingerprint density at radius 1 is 1.23 bits per heavy atom. The minimum Gasteiger partial charge on any atom is -0.489 e. The molecule has 2 aromatic rings. The van der Waals surface area contributed by atoms with E-state index in [0.29, 0.717) is 31.0 Å². The number of ether oxygens (including phenoxy) is 1. The van der Waals surface area contributed by atoms with Crippen molar-refractivity contribution in [2.75, 3.05) is 11.4 Å². The van der Waals surface area contributed by atoms with E-state index in [2.05, 4.69) is 0 Å². The molecule has 1 aliphatic rings. The van der Waals surface area contributed by atoms with Crippen LogP contribution in [0.4, 0.5) is 5.69 Å². The minimum atomic E-state index is -0.543. The topological polar surface area (TPSA) is 70.1 Å². The van der Waals surface area contributed by atoms with Gasteiger partial charge in [-0.1, -0.05) is 30.3 Å². The number of anilines is 1. The summed E-state index contributed by atoms with van der Waals surface area (Å²) in [6.07, 6.45) is 0.927. The molecule has 0 radical (unpaired) electrons. The highest BCUT2D eigenvalue weighted by molar-refractivity contribution is 5.97. The number of carbonyl (C=O) groups is 2. The third kappa shape index (κ3) is 3.86. The van der Waals surface area contributed by atoms with Gasteiger partial charge in [0, 0.05) is 12.2 Å². The van der Waals surface area contributed by atoms with Crippen LogP contribution < -0.4 is 9.64 Å². The summed E-state index contributed by atoms with van der Waals surface area (Å²) in [7, 11) is 0. The Bertz CT molecular complexity index is 748. The third-order valence-corrected chi connectivity index (χ3v) is 4.75. The molecule has 1 saturated heterocycles. The first kappa shape index (κ1) is 17.9. The molecule has 6 heteroatoms. The van der Waals surface area contributed by atoms with Crippen LogP contribution >= 0.6 is 0 Å². The van der Waals surface area contributed by atoms with E-state index < -0.39 is 12.0 Å². The molecular weight excluding hydrogens is 332 g/mol. The first-order valence-electron chi connectivity index (χ1n) is 8.61. The zero-order valence-corrected chi connectivity index (χ0v) is 14.6. The number of hydroxylamine groups is 2. The van der Waals surface area contributed by atoms with Gasteiger partial charge in [0.15, 0.2) is 0 Å². The normalized spacial score (nSPS) is 17.8. The Morgan fingerprint density at radius 3 is 2.58 bits per heavy atom. The maximum atomic E-state index is 12.6. The molecule has 2 atom stereocenters.